The minimum atomic E-state index is 0.0359. The van der Waals surface area contributed by atoms with E-state index in [9.17, 15) is 0 Å². The fourth-order valence-corrected chi connectivity index (χ4v) is 5.98. The Hall–Kier alpha value is -2.53. The standard InChI is InChI=1S/C25H28N4S/c1-15-9-8-11-22(18(15)4)29-16(2)13-20(19(29)5)24-23(21-10-6-7-12-26-21)27-25-28(24)14-17(3)30-25/h6-13,17,23-24H,14H2,1-5H3/t17-,23+,24+/m0/s1. The van der Waals surface area contributed by atoms with Gasteiger partial charge in [-0.05, 0) is 68.7 Å². The summed E-state index contributed by atoms with van der Waals surface area (Å²) in [5.41, 5.74) is 8.91. The molecule has 0 amide bonds. The van der Waals surface area contributed by atoms with Crippen molar-refractivity contribution in [2.45, 2.75) is 52.0 Å². The fourth-order valence-electron chi connectivity index (χ4n) is 4.89. The van der Waals surface area contributed by atoms with Gasteiger partial charge in [0.2, 0.25) is 0 Å². The first-order chi connectivity index (χ1) is 14.5. The molecule has 5 rings (SSSR count). The highest BCUT2D eigenvalue weighted by molar-refractivity contribution is 8.14. The Labute approximate surface area is 183 Å². The highest BCUT2D eigenvalue weighted by Crippen LogP contribution is 2.49. The Kier molecular flexibility index (Phi) is 4.73. The third-order valence-electron chi connectivity index (χ3n) is 6.49. The lowest BCUT2D eigenvalue weighted by Gasteiger charge is -2.27. The molecule has 0 unspecified atom stereocenters. The highest BCUT2D eigenvalue weighted by Gasteiger charge is 2.44. The van der Waals surface area contributed by atoms with E-state index in [0.717, 1.165) is 12.2 Å². The van der Waals surface area contributed by atoms with Crippen LogP contribution in [0.25, 0.3) is 5.69 Å². The van der Waals surface area contributed by atoms with Crippen molar-refractivity contribution in [2.24, 2.45) is 4.99 Å². The molecule has 2 aromatic heterocycles. The SMILES string of the molecule is Cc1cccc(-n2c(C)cc([C@@H]3[C@@H](c4ccccn4)N=C4S[C@@H](C)CN43)c2C)c1C. The van der Waals surface area contributed by atoms with Crippen LogP contribution in [-0.2, 0) is 0 Å². The van der Waals surface area contributed by atoms with Gasteiger partial charge in [0, 0.05) is 35.1 Å². The Bertz CT molecular complexity index is 1130. The van der Waals surface area contributed by atoms with Gasteiger partial charge in [-0.15, -0.1) is 0 Å². The van der Waals surface area contributed by atoms with Crippen molar-refractivity contribution in [3.63, 3.8) is 0 Å². The summed E-state index contributed by atoms with van der Waals surface area (Å²) in [5.74, 6) is 0. The number of pyridine rings is 1. The molecule has 3 atom stereocenters. The molecule has 4 heterocycles. The number of rotatable bonds is 3. The molecule has 0 aliphatic carbocycles. The Morgan fingerprint density at radius 2 is 1.87 bits per heavy atom. The van der Waals surface area contributed by atoms with E-state index in [4.69, 9.17) is 4.99 Å². The van der Waals surface area contributed by atoms with E-state index >= 15 is 0 Å². The van der Waals surface area contributed by atoms with Crippen LogP contribution in [0.4, 0.5) is 0 Å². The van der Waals surface area contributed by atoms with Gasteiger partial charge in [-0.3, -0.25) is 9.98 Å². The quantitative estimate of drug-likeness (QED) is 0.549. The lowest BCUT2D eigenvalue weighted by atomic mass is 9.96. The molecular formula is C25H28N4S. The number of aromatic nitrogens is 2. The van der Waals surface area contributed by atoms with Crippen molar-refractivity contribution in [1.29, 1.82) is 0 Å². The van der Waals surface area contributed by atoms with Crippen LogP contribution in [0, 0.1) is 27.7 Å². The lowest BCUT2D eigenvalue weighted by Crippen LogP contribution is -2.28. The van der Waals surface area contributed by atoms with Crippen molar-refractivity contribution in [3.05, 3.63) is 82.4 Å². The largest absolute Gasteiger partial charge is 0.341 e. The maximum atomic E-state index is 5.15. The zero-order chi connectivity index (χ0) is 21.0. The summed E-state index contributed by atoms with van der Waals surface area (Å²) in [6.45, 7) is 12.2. The van der Waals surface area contributed by atoms with Crippen LogP contribution in [-0.4, -0.2) is 31.4 Å². The van der Waals surface area contributed by atoms with E-state index < -0.39 is 0 Å². The number of aliphatic imine (C=N–C) groups is 1. The van der Waals surface area contributed by atoms with Gasteiger partial charge in [-0.2, -0.15) is 0 Å². The van der Waals surface area contributed by atoms with Gasteiger partial charge in [-0.1, -0.05) is 36.9 Å². The molecule has 2 aliphatic rings. The zero-order valence-electron chi connectivity index (χ0n) is 18.3. The molecule has 154 valence electrons. The summed E-state index contributed by atoms with van der Waals surface area (Å²) in [6.07, 6.45) is 1.88. The van der Waals surface area contributed by atoms with E-state index in [2.05, 4.69) is 85.5 Å². The number of nitrogens with zero attached hydrogens (tertiary/aromatic N) is 4. The number of hydrogen-bond acceptors (Lipinski definition) is 4. The van der Waals surface area contributed by atoms with E-state index in [-0.39, 0.29) is 12.1 Å². The Morgan fingerprint density at radius 1 is 1.03 bits per heavy atom. The van der Waals surface area contributed by atoms with Crippen molar-refractivity contribution in [2.75, 3.05) is 6.54 Å². The average molecular weight is 417 g/mol. The van der Waals surface area contributed by atoms with Crippen molar-refractivity contribution < 1.29 is 0 Å². The summed E-state index contributed by atoms with van der Waals surface area (Å²) in [7, 11) is 0. The fraction of sp³-hybridized carbons (Fsp3) is 0.360. The molecule has 1 aromatic carbocycles. The Balaban J connectivity index is 1.65. The van der Waals surface area contributed by atoms with Crippen LogP contribution in [0.15, 0.2) is 53.7 Å². The second kappa shape index (κ2) is 7.31. The second-order valence-corrected chi connectivity index (χ2v) is 9.92. The first-order valence-corrected chi connectivity index (χ1v) is 11.5. The predicted molar refractivity (Wildman–Crippen MR) is 126 cm³/mol. The number of amidine groups is 1. The van der Waals surface area contributed by atoms with Gasteiger partial charge in [0.1, 0.15) is 6.04 Å². The van der Waals surface area contributed by atoms with E-state index in [0.29, 0.717) is 5.25 Å². The van der Waals surface area contributed by atoms with Crippen LogP contribution in [0.5, 0.6) is 0 Å². The lowest BCUT2D eigenvalue weighted by molar-refractivity contribution is 0.320. The number of fused-ring (bicyclic) bond motifs is 1. The van der Waals surface area contributed by atoms with Crippen molar-refractivity contribution in [3.8, 4) is 5.69 Å². The average Bonchev–Trinajstić information content (AvgIpc) is 3.35. The molecule has 1 fully saturated rings. The number of benzene rings is 1. The van der Waals surface area contributed by atoms with Crippen LogP contribution in [0.2, 0.25) is 0 Å². The van der Waals surface area contributed by atoms with Crippen LogP contribution < -0.4 is 0 Å². The minimum Gasteiger partial charge on any atom is -0.341 e. The predicted octanol–water partition coefficient (Wildman–Crippen LogP) is 5.70. The molecule has 0 saturated carbocycles. The van der Waals surface area contributed by atoms with Crippen LogP contribution >= 0.6 is 11.8 Å². The first kappa shape index (κ1) is 19.4. The minimum absolute atomic E-state index is 0.0359. The summed E-state index contributed by atoms with van der Waals surface area (Å²) in [6, 6.07) is 15.3. The molecule has 0 bridgehead atoms. The van der Waals surface area contributed by atoms with Crippen molar-refractivity contribution >= 4 is 16.9 Å². The third-order valence-corrected chi connectivity index (χ3v) is 7.59. The molecule has 2 aliphatic heterocycles. The Morgan fingerprint density at radius 3 is 2.63 bits per heavy atom. The maximum absolute atomic E-state index is 5.15. The molecule has 5 heteroatoms. The van der Waals surface area contributed by atoms with E-state index in [1.54, 1.807) is 0 Å². The summed E-state index contributed by atoms with van der Waals surface area (Å²) in [4.78, 5) is 12.3. The van der Waals surface area contributed by atoms with Gasteiger partial charge in [-0.25, -0.2) is 0 Å². The number of aryl methyl sites for hydroxylation is 2. The van der Waals surface area contributed by atoms with Gasteiger partial charge in [0.05, 0.1) is 11.7 Å². The van der Waals surface area contributed by atoms with Crippen LogP contribution in [0.3, 0.4) is 0 Å². The normalized spacial score (nSPS) is 23.0. The number of thioether (sulfide) groups is 1. The monoisotopic (exact) mass is 416 g/mol. The third kappa shape index (κ3) is 2.99. The molecule has 1 saturated heterocycles. The first-order valence-electron chi connectivity index (χ1n) is 10.6. The second-order valence-electron chi connectivity index (χ2n) is 8.52. The molecule has 3 aromatic rings. The highest BCUT2D eigenvalue weighted by atomic mass is 32.2. The van der Waals surface area contributed by atoms with Gasteiger partial charge >= 0.3 is 0 Å². The zero-order valence-corrected chi connectivity index (χ0v) is 19.1. The van der Waals surface area contributed by atoms with E-state index in [1.807, 2.05) is 24.0 Å². The summed E-state index contributed by atoms with van der Waals surface area (Å²) < 4.78 is 2.41. The summed E-state index contributed by atoms with van der Waals surface area (Å²) in [5, 5.41) is 1.73. The van der Waals surface area contributed by atoms with E-state index in [1.165, 1.54) is 38.9 Å². The van der Waals surface area contributed by atoms with Crippen molar-refractivity contribution in [1.82, 2.24) is 14.5 Å². The molecule has 0 radical (unpaired) electrons. The smallest absolute Gasteiger partial charge is 0.160 e. The van der Waals surface area contributed by atoms with Gasteiger partial charge in [0.15, 0.2) is 5.17 Å². The summed E-state index contributed by atoms with van der Waals surface area (Å²) >= 11 is 1.89. The van der Waals surface area contributed by atoms with Gasteiger partial charge in [0.25, 0.3) is 0 Å². The van der Waals surface area contributed by atoms with Gasteiger partial charge < -0.3 is 9.47 Å². The number of hydrogen-bond donors (Lipinski definition) is 0. The molecular weight excluding hydrogens is 388 g/mol. The molecule has 4 nitrogen and oxygen atoms in total. The molecule has 30 heavy (non-hydrogen) atoms. The molecule has 0 spiro atoms. The molecule has 0 N–H and O–H groups in total. The van der Waals surface area contributed by atoms with Crippen LogP contribution in [0.1, 0.15) is 52.8 Å². The maximum Gasteiger partial charge on any atom is 0.160 e. The topological polar surface area (TPSA) is 33.4 Å².